The molecule has 6 nitrogen and oxygen atoms in total. The van der Waals surface area contributed by atoms with Crippen LogP contribution < -0.4 is 15.4 Å². The minimum absolute atomic E-state index is 0.247. The number of allylic oxidation sites excluding steroid dienone is 1. The molecule has 0 aliphatic carbocycles. The lowest BCUT2D eigenvalue weighted by Crippen LogP contribution is -2.46. The molecule has 0 saturated heterocycles. The normalized spacial score (nSPS) is 15.8. The van der Waals surface area contributed by atoms with Crippen LogP contribution in [0.4, 0.5) is 4.79 Å². The molecule has 2 N–H and O–H groups in total. The van der Waals surface area contributed by atoms with Crippen LogP contribution in [0.3, 0.4) is 0 Å². The van der Waals surface area contributed by atoms with Gasteiger partial charge in [0.05, 0.1) is 28.3 Å². The average molecular weight is 477 g/mol. The maximum absolute atomic E-state index is 12.8. The lowest BCUT2D eigenvalue weighted by Gasteiger charge is -2.29. The summed E-state index contributed by atoms with van der Waals surface area (Å²) in [5.74, 6) is 0.151. The predicted molar refractivity (Wildman–Crippen MR) is 125 cm³/mol. The number of esters is 1. The highest BCUT2D eigenvalue weighted by Crippen LogP contribution is 2.32. The van der Waals surface area contributed by atoms with Crippen LogP contribution in [0.2, 0.25) is 10.0 Å². The number of hydrogen-bond donors (Lipinski definition) is 2. The lowest BCUT2D eigenvalue weighted by molar-refractivity contribution is -0.139. The number of benzene rings is 2. The molecule has 2 aromatic rings. The van der Waals surface area contributed by atoms with E-state index in [2.05, 4.69) is 17.6 Å². The molecule has 0 spiro atoms. The maximum Gasteiger partial charge on any atom is 0.338 e. The minimum Gasteiger partial charge on any atom is -0.489 e. The van der Waals surface area contributed by atoms with E-state index in [1.807, 2.05) is 30.3 Å². The van der Waals surface area contributed by atoms with Crippen molar-refractivity contribution in [1.29, 1.82) is 0 Å². The molecule has 2 aromatic carbocycles. The largest absolute Gasteiger partial charge is 0.489 e. The first-order chi connectivity index (χ1) is 15.4. The van der Waals surface area contributed by atoms with E-state index in [9.17, 15) is 9.59 Å². The second kappa shape index (κ2) is 11.2. The molecule has 1 unspecified atom stereocenters. The smallest absolute Gasteiger partial charge is 0.338 e. The summed E-state index contributed by atoms with van der Waals surface area (Å²) in [5.41, 5.74) is 2.61. The summed E-state index contributed by atoms with van der Waals surface area (Å²) in [6.07, 6.45) is 2.37. The Kier molecular flexibility index (Phi) is 8.42. The van der Waals surface area contributed by atoms with E-state index in [-0.39, 0.29) is 12.6 Å². The first kappa shape index (κ1) is 24.0. The van der Waals surface area contributed by atoms with Gasteiger partial charge in [0.25, 0.3) is 0 Å². The van der Waals surface area contributed by atoms with Crippen molar-refractivity contribution in [1.82, 2.24) is 10.6 Å². The third-order valence-corrected chi connectivity index (χ3v) is 5.75. The molecular weight excluding hydrogens is 451 g/mol. The Bertz CT molecular complexity index is 1020. The van der Waals surface area contributed by atoms with Gasteiger partial charge in [0.2, 0.25) is 0 Å². The molecule has 32 heavy (non-hydrogen) atoms. The van der Waals surface area contributed by atoms with Gasteiger partial charge in [-0.2, -0.15) is 0 Å². The Morgan fingerprint density at radius 3 is 2.62 bits per heavy atom. The molecule has 1 heterocycles. The quantitative estimate of drug-likeness (QED) is 0.439. The highest BCUT2D eigenvalue weighted by atomic mass is 35.5. The maximum atomic E-state index is 12.8. The number of halogens is 2. The topological polar surface area (TPSA) is 76.7 Å². The third kappa shape index (κ3) is 5.96. The Hall–Kier alpha value is -2.70. The minimum atomic E-state index is -0.636. The predicted octanol–water partition coefficient (Wildman–Crippen LogP) is 5.93. The zero-order chi connectivity index (χ0) is 23.1. The molecule has 1 atom stereocenters. The molecule has 0 bridgehead atoms. The van der Waals surface area contributed by atoms with Gasteiger partial charge >= 0.3 is 12.0 Å². The first-order valence-corrected chi connectivity index (χ1v) is 11.3. The Labute approximate surface area is 197 Å². The van der Waals surface area contributed by atoms with Gasteiger partial charge in [0.15, 0.2) is 0 Å². The van der Waals surface area contributed by atoms with Gasteiger partial charge < -0.3 is 20.1 Å². The molecule has 1 aliphatic rings. The van der Waals surface area contributed by atoms with E-state index in [1.165, 1.54) is 0 Å². The monoisotopic (exact) mass is 476 g/mol. The van der Waals surface area contributed by atoms with Crippen LogP contribution in [0.15, 0.2) is 53.7 Å². The van der Waals surface area contributed by atoms with Gasteiger partial charge in [-0.25, -0.2) is 9.59 Å². The molecule has 2 amide bonds. The molecule has 170 valence electrons. The number of carbonyl (C=O) groups excluding carboxylic acids is 2. The summed E-state index contributed by atoms with van der Waals surface area (Å²) in [6.45, 7) is 4.35. The van der Waals surface area contributed by atoms with Crippen molar-refractivity contribution in [3.63, 3.8) is 0 Å². The number of amides is 2. The van der Waals surface area contributed by atoms with Crippen molar-refractivity contribution in [3.8, 4) is 5.75 Å². The zero-order valence-electron chi connectivity index (χ0n) is 18.0. The average Bonchev–Trinajstić information content (AvgIpc) is 2.78. The molecule has 0 saturated carbocycles. The number of unbranched alkanes of at least 4 members (excludes halogenated alkanes) is 1. The number of hydrogen-bond acceptors (Lipinski definition) is 4. The molecule has 0 fully saturated rings. The molecule has 0 radical (unpaired) electrons. The van der Waals surface area contributed by atoms with Crippen LogP contribution in [0.5, 0.6) is 5.75 Å². The number of urea groups is 1. The molecule has 0 aromatic heterocycles. The summed E-state index contributed by atoms with van der Waals surface area (Å²) < 4.78 is 11.2. The summed E-state index contributed by atoms with van der Waals surface area (Å²) in [5, 5.41) is 6.58. The SMILES string of the molecule is CCCCC1=C(C(=O)OCC)C(c2cccc(OCc3ccc(Cl)c(Cl)c3)c2)NC(=O)N1. The van der Waals surface area contributed by atoms with Gasteiger partial charge in [0.1, 0.15) is 12.4 Å². The van der Waals surface area contributed by atoms with E-state index < -0.39 is 12.0 Å². The van der Waals surface area contributed by atoms with Crippen molar-refractivity contribution in [2.45, 2.75) is 45.8 Å². The van der Waals surface area contributed by atoms with Crippen LogP contribution >= 0.6 is 23.2 Å². The summed E-state index contributed by atoms with van der Waals surface area (Å²) in [6, 6.07) is 11.6. The summed E-state index contributed by atoms with van der Waals surface area (Å²) in [4.78, 5) is 25.1. The van der Waals surface area contributed by atoms with Gasteiger partial charge in [-0.15, -0.1) is 0 Å². The van der Waals surface area contributed by atoms with E-state index in [0.29, 0.717) is 40.1 Å². The Balaban J connectivity index is 1.87. The van der Waals surface area contributed by atoms with Gasteiger partial charge in [-0.05, 0) is 55.2 Å². The fourth-order valence-electron chi connectivity index (χ4n) is 3.45. The molecule has 1 aliphatic heterocycles. The molecular formula is C24H26Cl2N2O4. The van der Waals surface area contributed by atoms with Crippen LogP contribution in [-0.4, -0.2) is 18.6 Å². The highest BCUT2D eigenvalue weighted by Gasteiger charge is 2.33. The van der Waals surface area contributed by atoms with Crippen LogP contribution in [0, 0.1) is 0 Å². The van der Waals surface area contributed by atoms with Crippen molar-refractivity contribution in [2.75, 3.05) is 6.61 Å². The molecule has 3 rings (SSSR count). The fraction of sp³-hybridized carbons (Fsp3) is 0.333. The highest BCUT2D eigenvalue weighted by molar-refractivity contribution is 6.42. The second-order valence-corrected chi connectivity index (χ2v) is 8.17. The van der Waals surface area contributed by atoms with Gasteiger partial charge in [-0.1, -0.05) is 54.7 Å². The number of nitrogens with one attached hydrogen (secondary N) is 2. The standard InChI is InChI=1S/C24H26Cl2N2O4/c1-3-5-9-20-21(23(29)31-4-2)22(28-24(30)27-20)16-7-6-8-17(13-16)32-14-15-10-11-18(25)19(26)12-15/h6-8,10-13,22H,3-5,9,14H2,1-2H3,(H2,27,28,30). The molecule has 8 heteroatoms. The van der Waals surface area contributed by atoms with Crippen LogP contribution in [0.25, 0.3) is 0 Å². The third-order valence-electron chi connectivity index (χ3n) is 5.01. The van der Waals surface area contributed by atoms with Gasteiger partial charge in [0, 0.05) is 5.70 Å². The van der Waals surface area contributed by atoms with Crippen molar-refractivity contribution >= 4 is 35.2 Å². The number of carbonyl (C=O) groups is 2. The van der Waals surface area contributed by atoms with E-state index in [1.54, 1.807) is 19.1 Å². The van der Waals surface area contributed by atoms with Crippen molar-refractivity contribution in [2.24, 2.45) is 0 Å². The van der Waals surface area contributed by atoms with Crippen molar-refractivity contribution in [3.05, 3.63) is 74.9 Å². The Morgan fingerprint density at radius 2 is 1.91 bits per heavy atom. The van der Waals surface area contributed by atoms with E-state index >= 15 is 0 Å². The van der Waals surface area contributed by atoms with Crippen LogP contribution in [-0.2, 0) is 16.1 Å². The summed E-state index contributed by atoms with van der Waals surface area (Å²) in [7, 11) is 0. The first-order valence-electron chi connectivity index (χ1n) is 10.6. The zero-order valence-corrected chi connectivity index (χ0v) is 19.6. The van der Waals surface area contributed by atoms with Crippen LogP contribution in [0.1, 0.15) is 50.3 Å². The van der Waals surface area contributed by atoms with Gasteiger partial charge in [-0.3, -0.25) is 0 Å². The second-order valence-electron chi connectivity index (χ2n) is 7.36. The van der Waals surface area contributed by atoms with E-state index in [4.69, 9.17) is 32.7 Å². The van der Waals surface area contributed by atoms with E-state index in [0.717, 1.165) is 24.0 Å². The fourth-order valence-corrected chi connectivity index (χ4v) is 3.77. The van der Waals surface area contributed by atoms with Crippen molar-refractivity contribution < 1.29 is 19.1 Å². The lowest BCUT2D eigenvalue weighted by atomic mass is 9.93. The number of ether oxygens (including phenoxy) is 2. The summed E-state index contributed by atoms with van der Waals surface area (Å²) >= 11 is 12.0. The number of rotatable bonds is 9. The Morgan fingerprint density at radius 1 is 1.09 bits per heavy atom.